The van der Waals surface area contributed by atoms with Crippen LogP contribution in [0.15, 0.2) is 18.2 Å². The van der Waals surface area contributed by atoms with E-state index in [1.54, 1.807) is 0 Å². The molecule has 0 bridgehead atoms. The summed E-state index contributed by atoms with van der Waals surface area (Å²) in [7, 11) is 0. The summed E-state index contributed by atoms with van der Waals surface area (Å²) < 4.78 is 0. The number of benzene rings is 1. The molecule has 1 aromatic carbocycles. The van der Waals surface area contributed by atoms with Gasteiger partial charge in [0, 0.05) is 31.2 Å². The van der Waals surface area contributed by atoms with Gasteiger partial charge in [-0.3, -0.25) is 9.69 Å². The number of amides is 1. The summed E-state index contributed by atoms with van der Waals surface area (Å²) in [4.78, 5) is 17.5. The minimum absolute atomic E-state index is 0.243. The van der Waals surface area contributed by atoms with E-state index in [-0.39, 0.29) is 5.91 Å². The molecule has 1 aliphatic carbocycles. The van der Waals surface area contributed by atoms with E-state index < -0.39 is 0 Å². The number of rotatable bonds is 1. The summed E-state index contributed by atoms with van der Waals surface area (Å²) in [5, 5.41) is 0. The number of piperazine rings is 1. The Morgan fingerprint density at radius 3 is 2.95 bits per heavy atom. The molecule has 1 aromatic rings. The Bertz CT molecular complexity index is 583. The first-order valence-electron chi connectivity index (χ1n) is 8.86. The van der Waals surface area contributed by atoms with E-state index in [0.717, 1.165) is 37.5 Å². The van der Waals surface area contributed by atoms with Gasteiger partial charge in [-0.05, 0) is 67.8 Å². The van der Waals surface area contributed by atoms with Gasteiger partial charge in [0.2, 0.25) is 0 Å². The van der Waals surface area contributed by atoms with Gasteiger partial charge in [-0.1, -0.05) is 13.0 Å². The van der Waals surface area contributed by atoms with Gasteiger partial charge >= 0.3 is 0 Å². The Labute approximate surface area is 133 Å². The van der Waals surface area contributed by atoms with Crippen LogP contribution in [0.5, 0.6) is 0 Å². The third-order valence-electron chi connectivity index (χ3n) is 5.80. The Balaban J connectivity index is 1.51. The SMILES string of the molecule is CC1CCc2cc(C(=O)N3CCN4CCC[C@@H]4C3)ccc2C1. The second kappa shape index (κ2) is 5.69. The van der Waals surface area contributed by atoms with Crippen molar-refractivity contribution in [3.8, 4) is 0 Å². The fourth-order valence-electron chi connectivity index (χ4n) is 4.43. The van der Waals surface area contributed by atoms with E-state index in [0.29, 0.717) is 6.04 Å². The van der Waals surface area contributed by atoms with Crippen LogP contribution in [0.2, 0.25) is 0 Å². The van der Waals surface area contributed by atoms with Crippen LogP contribution < -0.4 is 0 Å². The predicted molar refractivity (Wildman–Crippen MR) is 88.1 cm³/mol. The summed E-state index contributed by atoms with van der Waals surface area (Å²) in [6.07, 6.45) is 6.11. The molecule has 3 nitrogen and oxygen atoms in total. The van der Waals surface area contributed by atoms with Crippen molar-refractivity contribution in [3.63, 3.8) is 0 Å². The summed E-state index contributed by atoms with van der Waals surface area (Å²) in [6, 6.07) is 7.03. The third-order valence-corrected chi connectivity index (χ3v) is 5.80. The van der Waals surface area contributed by atoms with Crippen molar-refractivity contribution in [2.24, 2.45) is 5.92 Å². The van der Waals surface area contributed by atoms with Crippen LogP contribution in [0, 0.1) is 5.92 Å². The first kappa shape index (κ1) is 14.3. The Morgan fingerprint density at radius 2 is 2.05 bits per heavy atom. The van der Waals surface area contributed by atoms with Gasteiger partial charge in [-0.25, -0.2) is 0 Å². The Kier molecular flexibility index (Phi) is 3.69. The molecule has 2 fully saturated rings. The van der Waals surface area contributed by atoms with Crippen molar-refractivity contribution in [1.29, 1.82) is 0 Å². The highest BCUT2D eigenvalue weighted by molar-refractivity contribution is 5.94. The van der Waals surface area contributed by atoms with Crippen LogP contribution >= 0.6 is 0 Å². The number of hydrogen-bond donors (Lipinski definition) is 0. The number of nitrogens with zero attached hydrogens (tertiary/aromatic N) is 2. The second-order valence-corrected chi connectivity index (χ2v) is 7.41. The minimum atomic E-state index is 0.243. The fraction of sp³-hybridized carbons (Fsp3) is 0.632. The zero-order valence-corrected chi connectivity index (χ0v) is 13.6. The zero-order valence-electron chi connectivity index (χ0n) is 13.6. The van der Waals surface area contributed by atoms with Crippen molar-refractivity contribution in [2.45, 2.75) is 45.1 Å². The van der Waals surface area contributed by atoms with E-state index in [4.69, 9.17) is 0 Å². The molecule has 22 heavy (non-hydrogen) atoms. The molecule has 0 radical (unpaired) electrons. The molecule has 2 atom stereocenters. The monoisotopic (exact) mass is 298 g/mol. The van der Waals surface area contributed by atoms with Gasteiger partial charge in [-0.2, -0.15) is 0 Å². The highest BCUT2D eigenvalue weighted by Crippen LogP contribution is 2.27. The lowest BCUT2D eigenvalue weighted by atomic mass is 9.84. The minimum Gasteiger partial charge on any atom is -0.336 e. The van der Waals surface area contributed by atoms with Crippen molar-refractivity contribution in [3.05, 3.63) is 34.9 Å². The van der Waals surface area contributed by atoms with E-state index in [1.807, 2.05) is 0 Å². The van der Waals surface area contributed by atoms with Gasteiger partial charge in [0.1, 0.15) is 0 Å². The molecule has 2 aliphatic heterocycles. The van der Waals surface area contributed by atoms with E-state index in [9.17, 15) is 4.79 Å². The molecular formula is C19H26N2O. The van der Waals surface area contributed by atoms with E-state index >= 15 is 0 Å². The van der Waals surface area contributed by atoms with Crippen LogP contribution in [0.1, 0.15) is 47.7 Å². The zero-order chi connectivity index (χ0) is 15.1. The maximum absolute atomic E-state index is 12.8. The number of fused-ring (bicyclic) bond motifs is 2. The maximum Gasteiger partial charge on any atom is 0.253 e. The quantitative estimate of drug-likeness (QED) is 0.796. The predicted octanol–water partition coefficient (Wildman–Crippen LogP) is 2.73. The first-order valence-corrected chi connectivity index (χ1v) is 8.86. The molecule has 1 amide bonds. The van der Waals surface area contributed by atoms with E-state index in [1.165, 1.54) is 43.4 Å². The van der Waals surface area contributed by atoms with Crippen molar-refractivity contribution < 1.29 is 4.79 Å². The molecule has 118 valence electrons. The highest BCUT2D eigenvalue weighted by Gasteiger charge is 2.32. The molecular weight excluding hydrogens is 272 g/mol. The molecule has 2 heterocycles. The largest absolute Gasteiger partial charge is 0.336 e. The van der Waals surface area contributed by atoms with Gasteiger partial charge in [-0.15, -0.1) is 0 Å². The van der Waals surface area contributed by atoms with Crippen LogP contribution in [-0.2, 0) is 12.8 Å². The van der Waals surface area contributed by atoms with Gasteiger partial charge in [0.25, 0.3) is 5.91 Å². The molecule has 4 rings (SSSR count). The van der Waals surface area contributed by atoms with Gasteiger partial charge < -0.3 is 4.90 Å². The molecule has 0 N–H and O–H groups in total. The Morgan fingerprint density at radius 1 is 1.14 bits per heavy atom. The summed E-state index contributed by atoms with van der Waals surface area (Å²) in [6.45, 7) is 6.42. The Hall–Kier alpha value is -1.35. The van der Waals surface area contributed by atoms with Crippen LogP contribution in [0.25, 0.3) is 0 Å². The first-order chi connectivity index (χ1) is 10.7. The lowest BCUT2D eigenvalue weighted by Crippen LogP contribution is -2.52. The van der Waals surface area contributed by atoms with Crippen molar-refractivity contribution in [2.75, 3.05) is 26.2 Å². The summed E-state index contributed by atoms with van der Waals surface area (Å²) in [5.74, 6) is 1.03. The summed E-state index contributed by atoms with van der Waals surface area (Å²) in [5.41, 5.74) is 3.76. The second-order valence-electron chi connectivity index (χ2n) is 7.41. The molecule has 0 aromatic heterocycles. The van der Waals surface area contributed by atoms with Crippen LogP contribution in [0.4, 0.5) is 0 Å². The molecule has 2 saturated heterocycles. The van der Waals surface area contributed by atoms with Gasteiger partial charge in [0.15, 0.2) is 0 Å². The average Bonchev–Trinajstić information content (AvgIpc) is 3.01. The number of carbonyl (C=O) groups excluding carboxylic acids is 1. The number of aryl methyl sites for hydroxylation is 1. The highest BCUT2D eigenvalue weighted by atomic mass is 16.2. The summed E-state index contributed by atoms with van der Waals surface area (Å²) >= 11 is 0. The molecule has 3 heteroatoms. The standard InChI is InChI=1S/C19H26N2O/c1-14-4-5-16-12-17(7-6-15(16)11-14)19(22)21-10-9-20-8-2-3-18(20)13-21/h6-7,12,14,18H,2-5,8-11,13H2,1H3/t14?,18-/m1/s1. The fourth-order valence-corrected chi connectivity index (χ4v) is 4.43. The lowest BCUT2D eigenvalue weighted by Gasteiger charge is -2.37. The smallest absolute Gasteiger partial charge is 0.253 e. The molecule has 3 aliphatic rings. The topological polar surface area (TPSA) is 23.6 Å². The molecule has 0 spiro atoms. The van der Waals surface area contributed by atoms with Gasteiger partial charge in [0.05, 0.1) is 0 Å². The van der Waals surface area contributed by atoms with Crippen molar-refractivity contribution >= 4 is 5.91 Å². The lowest BCUT2D eigenvalue weighted by molar-refractivity contribution is 0.0571. The van der Waals surface area contributed by atoms with Crippen LogP contribution in [0.3, 0.4) is 0 Å². The number of hydrogen-bond acceptors (Lipinski definition) is 2. The van der Waals surface area contributed by atoms with E-state index in [2.05, 4.69) is 34.9 Å². The third kappa shape index (κ3) is 2.56. The molecule has 0 saturated carbocycles. The van der Waals surface area contributed by atoms with Crippen molar-refractivity contribution in [1.82, 2.24) is 9.80 Å². The molecule has 1 unspecified atom stereocenters. The number of carbonyl (C=O) groups is 1. The average molecular weight is 298 g/mol. The normalized spacial score (nSPS) is 28.3. The maximum atomic E-state index is 12.8. The van der Waals surface area contributed by atoms with Crippen LogP contribution in [-0.4, -0.2) is 47.9 Å².